The lowest BCUT2D eigenvalue weighted by atomic mass is 9.83. The molecule has 0 aromatic carbocycles. The Morgan fingerprint density at radius 2 is 1.76 bits per heavy atom. The van der Waals surface area contributed by atoms with Crippen LogP contribution >= 0.6 is 0 Å². The van der Waals surface area contributed by atoms with Crippen LogP contribution in [0.2, 0.25) is 0 Å². The Kier molecular flexibility index (Phi) is 3.14. The van der Waals surface area contributed by atoms with E-state index in [1.54, 1.807) is 0 Å². The van der Waals surface area contributed by atoms with Crippen molar-refractivity contribution < 1.29 is 4.79 Å². The molecular weight excluding hydrogens is 210 g/mol. The van der Waals surface area contributed by atoms with Gasteiger partial charge in [0.25, 0.3) is 0 Å². The number of amides is 1. The molecule has 3 aliphatic rings. The van der Waals surface area contributed by atoms with Crippen molar-refractivity contribution in [3.8, 4) is 0 Å². The summed E-state index contributed by atoms with van der Waals surface area (Å²) in [6.07, 6.45) is 10.6. The second kappa shape index (κ2) is 4.62. The van der Waals surface area contributed by atoms with Gasteiger partial charge in [0.1, 0.15) is 0 Å². The van der Waals surface area contributed by atoms with Crippen molar-refractivity contribution in [1.29, 1.82) is 0 Å². The van der Waals surface area contributed by atoms with Gasteiger partial charge in [0.15, 0.2) is 0 Å². The van der Waals surface area contributed by atoms with Gasteiger partial charge in [-0.15, -0.1) is 0 Å². The number of nitrogens with zero attached hydrogens (tertiary/aromatic N) is 1. The lowest BCUT2D eigenvalue weighted by molar-refractivity contribution is -0.134. The van der Waals surface area contributed by atoms with E-state index in [1.165, 1.54) is 44.9 Å². The normalized spacial score (nSPS) is 38.4. The maximum Gasteiger partial charge on any atom is 0.226 e. The van der Waals surface area contributed by atoms with Crippen molar-refractivity contribution in [2.45, 2.75) is 64.3 Å². The van der Waals surface area contributed by atoms with Crippen LogP contribution in [0.3, 0.4) is 0 Å². The highest BCUT2D eigenvalue weighted by molar-refractivity contribution is 5.82. The fraction of sp³-hybridized carbons (Fsp3) is 0.933. The van der Waals surface area contributed by atoms with E-state index in [2.05, 4.69) is 11.8 Å². The van der Waals surface area contributed by atoms with Crippen LogP contribution in [-0.4, -0.2) is 23.4 Å². The molecule has 1 amide bonds. The third kappa shape index (κ3) is 2.23. The molecule has 2 nitrogen and oxygen atoms in total. The summed E-state index contributed by atoms with van der Waals surface area (Å²) < 4.78 is 0. The maximum atomic E-state index is 12.4. The minimum atomic E-state index is 0.388. The molecule has 1 heterocycles. The van der Waals surface area contributed by atoms with Crippen LogP contribution in [-0.2, 0) is 4.79 Å². The van der Waals surface area contributed by atoms with Gasteiger partial charge in [-0.3, -0.25) is 4.79 Å². The van der Waals surface area contributed by atoms with Crippen LogP contribution in [0.5, 0.6) is 0 Å². The highest BCUT2D eigenvalue weighted by Crippen LogP contribution is 2.42. The van der Waals surface area contributed by atoms with E-state index in [0.717, 1.165) is 18.9 Å². The van der Waals surface area contributed by atoms with Gasteiger partial charge in [0.2, 0.25) is 5.91 Å². The number of rotatable bonds is 2. The Morgan fingerprint density at radius 1 is 1.06 bits per heavy atom. The monoisotopic (exact) mass is 235 g/mol. The second-order valence-electron chi connectivity index (χ2n) is 6.46. The Morgan fingerprint density at radius 3 is 2.41 bits per heavy atom. The van der Waals surface area contributed by atoms with Crippen molar-refractivity contribution in [2.75, 3.05) is 6.54 Å². The zero-order chi connectivity index (χ0) is 11.8. The molecule has 17 heavy (non-hydrogen) atoms. The van der Waals surface area contributed by atoms with Crippen LogP contribution in [0.15, 0.2) is 0 Å². The summed E-state index contributed by atoms with van der Waals surface area (Å²) >= 11 is 0. The molecule has 2 aliphatic carbocycles. The first-order valence-electron chi connectivity index (χ1n) is 7.58. The molecule has 0 aromatic heterocycles. The van der Waals surface area contributed by atoms with Crippen LogP contribution in [0.25, 0.3) is 0 Å². The Balaban J connectivity index is 1.64. The largest absolute Gasteiger partial charge is 0.339 e. The molecule has 2 saturated carbocycles. The zero-order valence-electron chi connectivity index (χ0n) is 11.0. The van der Waals surface area contributed by atoms with Crippen molar-refractivity contribution in [3.05, 3.63) is 0 Å². The third-order valence-electron chi connectivity index (χ3n) is 5.20. The topological polar surface area (TPSA) is 20.3 Å². The van der Waals surface area contributed by atoms with Crippen molar-refractivity contribution in [2.24, 2.45) is 17.8 Å². The molecule has 96 valence electrons. The molecule has 1 aliphatic heterocycles. The van der Waals surface area contributed by atoms with Gasteiger partial charge < -0.3 is 4.90 Å². The Labute approximate surface area is 105 Å². The highest BCUT2D eigenvalue weighted by atomic mass is 16.2. The molecule has 0 N–H and O–H groups in total. The fourth-order valence-corrected chi connectivity index (χ4v) is 3.95. The summed E-state index contributed by atoms with van der Waals surface area (Å²) in [6.45, 7) is 3.26. The summed E-state index contributed by atoms with van der Waals surface area (Å²) in [5.74, 6) is 2.36. The summed E-state index contributed by atoms with van der Waals surface area (Å²) in [4.78, 5) is 14.7. The molecule has 0 bridgehead atoms. The summed E-state index contributed by atoms with van der Waals surface area (Å²) in [5.41, 5.74) is 0. The first kappa shape index (κ1) is 11.6. The predicted octanol–water partition coefficient (Wildman–Crippen LogP) is 3.21. The first-order chi connectivity index (χ1) is 8.27. The van der Waals surface area contributed by atoms with Crippen molar-refractivity contribution in [1.82, 2.24) is 4.90 Å². The standard InChI is InChI=1S/C15H25NO/c1-11-10-13(11)15(17)16-9-5-8-14(16)12-6-3-2-4-7-12/h11-14H,2-10H2,1H3/t11-,13+,14+/m1/s1. The average molecular weight is 235 g/mol. The van der Waals surface area contributed by atoms with Crippen LogP contribution in [0.1, 0.15) is 58.3 Å². The van der Waals surface area contributed by atoms with E-state index in [9.17, 15) is 4.79 Å². The smallest absolute Gasteiger partial charge is 0.226 e. The fourth-order valence-electron chi connectivity index (χ4n) is 3.95. The SMILES string of the molecule is C[C@@H]1C[C@@H]1C(=O)N1CCC[C@H]1C1CCCCC1. The minimum Gasteiger partial charge on any atom is -0.339 e. The van der Waals surface area contributed by atoms with Crippen LogP contribution < -0.4 is 0 Å². The molecule has 1 saturated heterocycles. The van der Waals surface area contributed by atoms with Gasteiger partial charge in [0.05, 0.1) is 0 Å². The van der Waals surface area contributed by atoms with E-state index < -0.39 is 0 Å². The number of hydrogen-bond acceptors (Lipinski definition) is 1. The molecule has 0 spiro atoms. The summed E-state index contributed by atoms with van der Waals surface area (Å²) in [7, 11) is 0. The van der Waals surface area contributed by atoms with Gasteiger partial charge in [-0.2, -0.15) is 0 Å². The summed E-state index contributed by atoms with van der Waals surface area (Å²) in [5, 5.41) is 0. The summed E-state index contributed by atoms with van der Waals surface area (Å²) in [6, 6.07) is 0.607. The maximum absolute atomic E-state index is 12.4. The van der Waals surface area contributed by atoms with Gasteiger partial charge in [-0.25, -0.2) is 0 Å². The molecule has 0 aromatic rings. The van der Waals surface area contributed by atoms with Gasteiger partial charge in [-0.1, -0.05) is 26.2 Å². The van der Waals surface area contributed by atoms with E-state index in [4.69, 9.17) is 0 Å². The van der Waals surface area contributed by atoms with Crippen molar-refractivity contribution >= 4 is 5.91 Å². The Hall–Kier alpha value is -0.530. The molecule has 0 radical (unpaired) electrons. The average Bonchev–Trinajstić information content (AvgIpc) is 2.92. The van der Waals surface area contributed by atoms with Crippen molar-refractivity contribution in [3.63, 3.8) is 0 Å². The van der Waals surface area contributed by atoms with Crippen LogP contribution in [0.4, 0.5) is 0 Å². The predicted molar refractivity (Wildman–Crippen MR) is 68.6 cm³/mol. The van der Waals surface area contributed by atoms with E-state index >= 15 is 0 Å². The molecular formula is C15H25NO. The van der Waals surface area contributed by atoms with E-state index in [-0.39, 0.29) is 0 Å². The number of carbonyl (C=O) groups excluding carboxylic acids is 1. The molecule has 2 heteroatoms. The number of carbonyl (C=O) groups is 1. The quantitative estimate of drug-likeness (QED) is 0.719. The lowest BCUT2D eigenvalue weighted by Gasteiger charge is -2.34. The lowest BCUT2D eigenvalue weighted by Crippen LogP contribution is -2.41. The number of likely N-dealkylation sites (tertiary alicyclic amines) is 1. The van der Waals surface area contributed by atoms with E-state index in [0.29, 0.717) is 23.8 Å². The number of hydrogen-bond donors (Lipinski definition) is 0. The molecule has 3 rings (SSSR count). The third-order valence-corrected chi connectivity index (χ3v) is 5.20. The minimum absolute atomic E-state index is 0.388. The molecule has 3 atom stereocenters. The zero-order valence-corrected chi connectivity index (χ0v) is 11.0. The highest BCUT2D eigenvalue weighted by Gasteiger charge is 2.45. The first-order valence-corrected chi connectivity index (χ1v) is 7.58. The van der Waals surface area contributed by atoms with Gasteiger partial charge >= 0.3 is 0 Å². The van der Waals surface area contributed by atoms with Gasteiger partial charge in [-0.05, 0) is 43.9 Å². The Bertz CT molecular complexity index is 295. The van der Waals surface area contributed by atoms with E-state index in [1.807, 2.05) is 0 Å². The molecule has 3 fully saturated rings. The molecule has 0 unspecified atom stereocenters. The van der Waals surface area contributed by atoms with Crippen LogP contribution in [0, 0.1) is 17.8 Å². The van der Waals surface area contributed by atoms with Gasteiger partial charge in [0, 0.05) is 18.5 Å². The second-order valence-corrected chi connectivity index (χ2v) is 6.46.